The van der Waals surface area contributed by atoms with E-state index in [-0.39, 0.29) is 0 Å². The van der Waals surface area contributed by atoms with Gasteiger partial charge < -0.3 is 20.5 Å². The summed E-state index contributed by atoms with van der Waals surface area (Å²) in [4.78, 5) is 0. The van der Waals surface area contributed by atoms with E-state index in [1.807, 2.05) is 25.1 Å². The van der Waals surface area contributed by atoms with Crippen LogP contribution in [0.15, 0.2) is 18.2 Å². The van der Waals surface area contributed by atoms with Crippen LogP contribution in [0.2, 0.25) is 0 Å². The van der Waals surface area contributed by atoms with Gasteiger partial charge in [-0.15, -0.1) is 0 Å². The van der Waals surface area contributed by atoms with Crippen molar-refractivity contribution in [3.63, 3.8) is 0 Å². The van der Waals surface area contributed by atoms with Gasteiger partial charge in [0.15, 0.2) is 0 Å². The van der Waals surface area contributed by atoms with Crippen molar-refractivity contribution in [2.75, 3.05) is 37.4 Å². The van der Waals surface area contributed by atoms with E-state index in [4.69, 9.17) is 15.2 Å². The van der Waals surface area contributed by atoms with Crippen molar-refractivity contribution in [3.8, 4) is 5.75 Å². The second kappa shape index (κ2) is 7.82. The second-order valence-corrected chi connectivity index (χ2v) is 4.55. The smallest absolute Gasteiger partial charge is 0.144 e. The van der Waals surface area contributed by atoms with Crippen LogP contribution in [-0.2, 0) is 4.74 Å². The molecule has 0 saturated carbocycles. The molecule has 0 unspecified atom stereocenters. The average Bonchev–Trinajstić information content (AvgIpc) is 2.33. The molecule has 0 aliphatic heterocycles. The van der Waals surface area contributed by atoms with Gasteiger partial charge in [-0.05, 0) is 25.0 Å². The molecule has 0 bridgehead atoms. The number of nitrogens with two attached hydrogens (primary N) is 1. The third kappa shape index (κ3) is 4.84. The molecule has 1 aromatic carbocycles. The van der Waals surface area contributed by atoms with E-state index in [2.05, 4.69) is 19.2 Å². The molecule has 0 spiro atoms. The predicted octanol–water partition coefficient (Wildman–Crippen LogP) is 2.75. The maximum absolute atomic E-state index is 6.00. The molecular formula is C14H24N2O2. The zero-order valence-corrected chi connectivity index (χ0v) is 11.5. The SMILES string of the molecule is CCOc1cccc(NCCOCC(C)C)c1N. The Hall–Kier alpha value is -1.42. The zero-order valence-electron chi connectivity index (χ0n) is 11.5. The van der Waals surface area contributed by atoms with Crippen LogP contribution in [0, 0.1) is 5.92 Å². The lowest BCUT2D eigenvalue weighted by molar-refractivity contribution is 0.118. The molecule has 0 saturated heterocycles. The minimum atomic E-state index is 0.566. The minimum Gasteiger partial charge on any atom is -0.492 e. The van der Waals surface area contributed by atoms with Gasteiger partial charge in [0.1, 0.15) is 5.75 Å². The maximum atomic E-state index is 6.00. The first-order valence-corrected chi connectivity index (χ1v) is 6.48. The van der Waals surface area contributed by atoms with Gasteiger partial charge in [-0.25, -0.2) is 0 Å². The van der Waals surface area contributed by atoms with Gasteiger partial charge in [-0.3, -0.25) is 0 Å². The molecule has 4 heteroatoms. The lowest BCUT2D eigenvalue weighted by Crippen LogP contribution is -2.13. The molecule has 0 aliphatic carbocycles. The average molecular weight is 252 g/mol. The number of para-hydroxylation sites is 1. The molecule has 0 radical (unpaired) electrons. The van der Waals surface area contributed by atoms with Gasteiger partial charge in [0, 0.05) is 13.2 Å². The third-order valence-electron chi connectivity index (χ3n) is 2.38. The Morgan fingerprint density at radius 1 is 1.33 bits per heavy atom. The first-order chi connectivity index (χ1) is 8.65. The Morgan fingerprint density at radius 2 is 2.11 bits per heavy atom. The number of hydrogen-bond donors (Lipinski definition) is 2. The lowest BCUT2D eigenvalue weighted by atomic mass is 10.2. The summed E-state index contributed by atoms with van der Waals surface area (Å²) in [6.45, 7) is 9.04. The van der Waals surface area contributed by atoms with Gasteiger partial charge in [0.25, 0.3) is 0 Å². The summed E-state index contributed by atoms with van der Waals surface area (Å²) in [5.74, 6) is 1.29. The first kappa shape index (κ1) is 14.6. The van der Waals surface area contributed by atoms with Crippen LogP contribution in [0.3, 0.4) is 0 Å². The Bertz CT molecular complexity index is 354. The van der Waals surface area contributed by atoms with Crippen LogP contribution in [0.25, 0.3) is 0 Å². The Kier molecular flexibility index (Phi) is 6.36. The number of anilines is 2. The van der Waals surface area contributed by atoms with Gasteiger partial charge in [0.2, 0.25) is 0 Å². The van der Waals surface area contributed by atoms with Gasteiger partial charge >= 0.3 is 0 Å². The van der Waals surface area contributed by atoms with Crippen LogP contribution in [-0.4, -0.2) is 26.4 Å². The highest BCUT2D eigenvalue weighted by Crippen LogP contribution is 2.28. The highest BCUT2D eigenvalue weighted by atomic mass is 16.5. The van der Waals surface area contributed by atoms with Crippen LogP contribution in [0.4, 0.5) is 11.4 Å². The highest BCUT2D eigenvalue weighted by Gasteiger charge is 2.04. The predicted molar refractivity (Wildman–Crippen MR) is 76.2 cm³/mol. The Morgan fingerprint density at radius 3 is 2.78 bits per heavy atom. The molecular weight excluding hydrogens is 228 g/mol. The fourth-order valence-corrected chi connectivity index (χ4v) is 1.56. The van der Waals surface area contributed by atoms with E-state index in [0.717, 1.165) is 24.6 Å². The normalized spacial score (nSPS) is 10.7. The van der Waals surface area contributed by atoms with Crippen molar-refractivity contribution in [1.82, 2.24) is 0 Å². The van der Waals surface area contributed by atoms with E-state index >= 15 is 0 Å². The maximum Gasteiger partial charge on any atom is 0.144 e. The monoisotopic (exact) mass is 252 g/mol. The molecule has 4 nitrogen and oxygen atoms in total. The molecule has 3 N–H and O–H groups in total. The standard InChI is InChI=1S/C14H24N2O2/c1-4-18-13-7-5-6-12(14(13)15)16-8-9-17-10-11(2)3/h5-7,11,16H,4,8-10,15H2,1-3H3. The van der Waals surface area contributed by atoms with Gasteiger partial charge in [0.05, 0.1) is 24.6 Å². The Balaban J connectivity index is 2.40. The minimum absolute atomic E-state index is 0.566. The molecule has 0 fully saturated rings. The molecule has 1 aromatic rings. The summed E-state index contributed by atoms with van der Waals surface area (Å²) in [5, 5.41) is 3.26. The van der Waals surface area contributed by atoms with Crippen molar-refractivity contribution in [2.24, 2.45) is 5.92 Å². The fraction of sp³-hybridized carbons (Fsp3) is 0.571. The molecule has 0 aliphatic rings. The summed E-state index contributed by atoms with van der Waals surface area (Å²) < 4.78 is 10.9. The van der Waals surface area contributed by atoms with Crippen molar-refractivity contribution in [3.05, 3.63) is 18.2 Å². The first-order valence-electron chi connectivity index (χ1n) is 6.48. The van der Waals surface area contributed by atoms with Crippen molar-refractivity contribution < 1.29 is 9.47 Å². The highest BCUT2D eigenvalue weighted by molar-refractivity contribution is 5.72. The molecule has 0 aromatic heterocycles. The summed E-state index contributed by atoms with van der Waals surface area (Å²) in [7, 11) is 0. The second-order valence-electron chi connectivity index (χ2n) is 4.55. The van der Waals surface area contributed by atoms with E-state index in [1.165, 1.54) is 0 Å². The van der Waals surface area contributed by atoms with E-state index < -0.39 is 0 Å². The van der Waals surface area contributed by atoms with Crippen molar-refractivity contribution in [2.45, 2.75) is 20.8 Å². The molecule has 0 amide bonds. The summed E-state index contributed by atoms with van der Waals surface area (Å²) in [6.07, 6.45) is 0. The van der Waals surface area contributed by atoms with Gasteiger partial charge in [-0.2, -0.15) is 0 Å². The van der Waals surface area contributed by atoms with Gasteiger partial charge in [-0.1, -0.05) is 19.9 Å². The van der Waals surface area contributed by atoms with Crippen LogP contribution in [0.1, 0.15) is 20.8 Å². The number of nitrogen functional groups attached to an aromatic ring is 1. The Labute approximate surface area is 109 Å². The van der Waals surface area contributed by atoms with Crippen LogP contribution in [0.5, 0.6) is 5.75 Å². The molecule has 18 heavy (non-hydrogen) atoms. The van der Waals surface area contributed by atoms with E-state index in [1.54, 1.807) is 0 Å². The summed E-state index contributed by atoms with van der Waals surface area (Å²) >= 11 is 0. The zero-order chi connectivity index (χ0) is 13.4. The number of ether oxygens (including phenoxy) is 2. The molecule has 102 valence electrons. The summed E-state index contributed by atoms with van der Waals surface area (Å²) in [6, 6.07) is 5.75. The lowest BCUT2D eigenvalue weighted by Gasteiger charge is -2.13. The van der Waals surface area contributed by atoms with E-state index in [9.17, 15) is 0 Å². The molecule has 0 atom stereocenters. The molecule has 1 rings (SSSR count). The largest absolute Gasteiger partial charge is 0.492 e. The third-order valence-corrected chi connectivity index (χ3v) is 2.38. The van der Waals surface area contributed by atoms with Crippen LogP contribution < -0.4 is 15.8 Å². The topological polar surface area (TPSA) is 56.5 Å². The molecule has 0 heterocycles. The fourth-order valence-electron chi connectivity index (χ4n) is 1.56. The number of rotatable bonds is 8. The number of nitrogens with one attached hydrogen (secondary N) is 1. The number of benzene rings is 1. The quantitative estimate of drug-likeness (QED) is 0.552. The van der Waals surface area contributed by atoms with E-state index in [0.29, 0.717) is 24.8 Å². The van der Waals surface area contributed by atoms with Crippen molar-refractivity contribution >= 4 is 11.4 Å². The number of hydrogen-bond acceptors (Lipinski definition) is 4. The van der Waals surface area contributed by atoms with Crippen LogP contribution >= 0.6 is 0 Å². The summed E-state index contributed by atoms with van der Waals surface area (Å²) in [5.41, 5.74) is 7.56. The van der Waals surface area contributed by atoms with Crippen molar-refractivity contribution in [1.29, 1.82) is 0 Å².